The van der Waals surface area contributed by atoms with Gasteiger partial charge < -0.3 is 20.9 Å². The summed E-state index contributed by atoms with van der Waals surface area (Å²) in [5, 5.41) is 15.7. The van der Waals surface area contributed by atoms with Crippen LogP contribution in [0, 0.1) is 5.41 Å². The van der Waals surface area contributed by atoms with Gasteiger partial charge in [0.25, 0.3) is 5.91 Å². The fourth-order valence-corrected chi connectivity index (χ4v) is 3.41. The van der Waals surface area contributed by atoms with Crippen LogP contribution in [0.5, 0.6) is 0 Å². The summed E-state index contributed by atoms with van der Waals surface area (Å²) in [7, 11) is 1.31. The van der Waals surface area contributed by atoms with Crippen molar-refractivity contribution in [1.29, 1.82) is 0 Å². The van der Waals surface area contributed by atoms with Crippen molar-refractivity contribution in [2.45, 2.75) is 32.2 Å². The standard InChI is InChI=1S/C19H21N5O6/c1-19(18(29)30-2)6-3-10(4-7-19)14(15(20)25)23-16(26)12-9-11(17(27)28)22-13-5-8-21-24(12)13/h3,5,8-9,14H,4,6-7H2,1-2H3,(H2,20,25)(H,23,26)(H,27,28). The van der Waals surface area contributed by atoms with Gasteiger partial charge in [-0.3, -0.25) is 14.4 Å². The number of carbonyl (C=O) groups is 4. The third kappa shape index (κ3) is 3.86. The molecule has 4 N–H and O–H groups in total. The molecule has 30 heavy (non-hydrogen) atoms. The summed E-state index contributed by atoms with van der Waals surface area (Å²) in [6.45, 7) is 1.77. The lowest BCUT2D eigenvalue weighted by Gasteiger charge is -2.32. The van der Waals surface area contributed by atoms with Crippen molar-refractivity contribution in [3.05, 3.63) is 41.4 Å². The molecule has 3 rings (SSSR count). The van der Waals surface area contributed by atoms with Crippen LogP contribution in [-0.4, -0.2) is 56.6 Å². The highest BCUT2D eigenvalue weighted by molar-refractivity contribution is 5.99. The Bertz CT molecular complexity index is 1070. The van der Waals surface area contributed by atoms with Gasteiger partial charge in [-0.05, 0) is 31.8 Å². The summed E-state index contributed by atoms with van der Waals surface area (Å²) >= 11 is 0. The fourth-order valence-electron chi connectivity index (χ4n) is 3.41. The van der Waals surface area contributed by atoms with Crippen LogP contribution < -0.4 is 11.1 Å². The van der Waals surface area contributed by atoms with Crippen molar-refractivity contribution in [2.24, 2.45) is 11.1 Å². The Morgan fingerprint density at radius 2 is 2.10 bits per heavy atom. The Labute approximate surface area is 170 Å². The first-order valence-corrected chi connectivity index (χ1v) is 9.12. The average Bonchev–Trinajstić information content (AvgIpc) is 3.19. The van der Waals surface area contributed by atoms with Crippen molar-refractivity contribution >= 4 is 29.4 Å². The Morgan fingerprint density at radius 3 is 2.67 bits per heavy atom. The van der Waals surface area contributed by atoms with Crippen LogP contribution in [0.3, 0.4) is 0 Å². The first-order chi connectivity index (χ1) is 14.2. The van der Waals surface area contributed by atoms with E-state index in [-0.39, 0.29) is 23.0 Å². The number of fused-ring (bicyclic) bond motifs is 1. The first kappa shape index (κ1) is 21.0. The number of primary amides is 1. The van der Waals surface area contributed by atoms with Crippen molar-refractivity contribution < 1.29 is 29.0 Å². The van der Waals surface area contributed by atoms with E-state index in [1.807, 2.05) is 0 Å². The highest BCUT2D eigenvalue weighted by Gasteiger charge is 2.38. The van der Waals surface area contributed by atoms with Gasteiger partial charge in [-0.1, -0.05) is 6.08 Å². The third-order valence-electron chi connectivity index (χ3n) is 5.20. The zero-order valence-electron chi connectivity index (χ0n) is 16.4. The van der Waals surface area contributed by atoms with E-state index in [2.05, 4.69) is 15.4 Å². The lowest BCUT2D eigenvalue weighted by molar-refractivity contribution is -0.152. The summed E-state index contributed by atoms with van der Waals surface area (Å²) in [6.07, 6.45) is 4.18. The summed E-state index contributed by atoms with van der Waals surface area (Å²) in [6, 6.07) is 1.40. The molecule has 11 heteroatoms. The molecule has 158 valence electrons. The number of esters is 1. The number of aromatic nitrogens is 3. The molecule has 2 atom stereocenters. The van der Waals surface area contributed by atoms with Gasteiger partial charge in [-0.15, -0.1) is 0 Å². The molecule has 0 spiro atoms. The van der Waals surface area contributed by atoms with Crippen LogP contribution in [-0.2, 0) is 14.3 Å². The molecule has 2 aromatic rings. The maximum absolute atomic E-state index is 12.9. The number of hydrogen-bond donors (Lipinski definition) is 3. The molecular formula is C19H21N5O6. The van der Waals surface area contributed by atoms with E-state index in [4.69, 9.17) is 10.5 Å². The molecule has 11 nitrogen and oxygen atoms in total. The van der Waals surface area contributed by atoms with E-state index >= 15 is 0 Å². The second kappa shape index (κ2) is 7.93. The monoisotopic (exact) mass is 415 g/mol. The van der Waals surface area contributed by atoms with Crippen molar-refractivity contribution in [2.75, 3.05) is 7.11 Å². The fraction of sp³-hybridized carbons (Fsp3) is 0.368. The highest BCUT2D eigenvalue weighted by atomic mass is 16.5. The molecule has 2 amide bonds. The molecule has 0 aliphatic heterocycles. The number of aromatic carboxylic acids is 1. The van der Waals surface area contributed by atoms with E-state index in [9.17, 15) is 24.3 Å². The lowest BCUT2D eigenvalue weighted by atomic mass is 9.75. The van der Waals surface area contributed by atoms with Crippen LogP contribution in [0.1, 0.15) is 47.2 Å². The number of carbonyl (C=O) groups excluding carboxylic acids is 3. The molecule has 0 saturated carbocycles. The zero-order chi connectivity index (χ0) is 22.1. The topological polar surface area (TPSA) is 166 Å². The molecular weight excluding hydrogens is 394 g/mol. The predicted octanol–water partition coefficient (Wildman–Crippen LogP) is 0.301. The van der Waals surface area contributed by atoms with Gasteiger partial charge in [0.1, 0.15) is 11.7 Å². The number of nitrogens with one attached hydrogen (secondary N) is 1. The zero-order valence-corrected chi connectivity index (χ0v) is 16.4. The van der Waals surface area contributed by atoms with E-state index in [1.54, 1.807) is 13.0 Å². The Hall–Kier alpha value is -3.76. The number of allylic oxidation sites excluding steroid dienone is 1. The van der Waals surface area contributed by atoms with Crippen LogP contribution in [0.2, 0.25) is 0 Å². The number of methoxy groups -OCH3 is 1. The van der Waals surface area contributed by atoms with Crippen LogP contribution in [0.25, 0.3) is 5.65 Å². The molecule has 0 aromatic carbocycles. The average molecular weight is 415 g/mol. The number of amides is 2. The van der Waals surface area contributed by atoms with Crippen LogP contribution in [0.15, 0.2) is 30.0 Å². The summed E-state index contributed by atoms with van der Waals surface area (Å²) in [5.74, 6) is -3.17. The number of nitrogens with two attached hydrogens (primary N) is 1. The van der Waals surface area contributed by atoms with E-state index in [0.717, 1.165) is 6.07 Å². The number of carboxylic acids is 1. The second-order valence-corrected chi connectivity index (χ2v) is 7.28. The molecule has 1 aliphatic rings. The molecule has 0 fully saturated rings. The predicted molar refractivity (Wildman–Crippen MR) is 102 cm³/mol. The quantitative estimate of drug-likeness (QED) is 0.447. The van der Waals surface area contributed by atoms with E-state index in [0.29, 0.717) is 24.8 Å². The SMILES string of the molecule is COC(=O)C1(C)CC=C(C(NC(=O)c2cc(C(=O)O)nc3ccnn23)C(N)=O)CC1. The van der Waals surface area contributed by atoms with Gasteiger partial charge in [-0.2, -0.15) is 5.10 Å². The smallest absolute Gasteiger partial charge is 0.354 e. The number of ether oxygens (including phenoxy) is 1. The Balaban J connectivity index is 1.88. The normalized spacial score (nSPS) is 19.6. The maximum atomic E-state index is 12.9. The summed E-state index contributed by atoms with van der Waals surface area (Å²) in [4.78, 5) is 52.1. The highest BCUT2D eigenvalue weighted by Crippen LogP contribution is 2.37. The molecule has 0 radical (unpaired) electrons. The molecule has 2 heterocycles. The number of nitrogens with zero attached hydrogens (tertiary/aromatic N) is 3. The first-order valence-electron chi connectivity index (χ1n) is 9.12. The third-order valence-corrected chi connectivity index (χ3v) is 5.20. The van der Waals surface area contributed by atoms with Gasteiger partial charge in [0.15, 0.2) is 11.3 Å². The van der Waals surface area contributed by atoms with Gasteiger partial charge in [0, 0.05) is 12.1 Å². The van der Waals surface area contributed by atoms with Crippen molar-refractivity contribution in [3.63, 3.8) is 0 Å². The minimum atomic E-state index is -1.31. The maximum Gasteiger partial charge on any atom is 0.354 e. The van der Waals surface area contributed by atoms with Crippen LogP contribution in [0.4, 0.5) is 0 Å². The number of rotatable bonds is 6. The molecule has 1 aliphatic carbocycles. The molecule has 2 unspecified atom stereocenters. The van der Waals surface area contributed by atoms with Gasteiger partial charge in [0.05, 0.1) is 18.7 Å². The Kier molecular flexibility index (Phi) is 5.54. The summed E-state index contributed by atoms with van der Waals surface area (Å²) < 4.78 is 6.00. The lowest BCUT2D eigenvalue weighted by Crippen LogP contribution is -2.47. The van der Waals surface area contributed by atoms with Crippen molar-refractivity contribution in [1.82, 2.24) is 19.9 Å². The van der Waals surface area contributed by atoms with E-state index < -0.39 is 29.2 Å². The van der Waals surface area contributed by atoms with Gasteiger partial charge in [0.2, 0.25) is 5.91 Å². The minimum Gasteiger partial charge on any atom is -0.477 e. The van der Waals surface area contributed by atoms with Gasteiger partial charge in [-0.25, -0.2) is 14.3 Å². The van der Waals surface area contributed by atoms with E-state index in [1.165, 1.54) is 23.9 Å². The number of carboxylic acid groups (broad SMARTS) is 1. The van der Waals surface area contributed by atoms with Gasteiger partial charge >= 0.3 is 11.9 Å². The molecule has 2 aromatic heterocycles. The van der Waals surface area contributed by atoms with Crippen molar-refractivity contribution in [3.8, 4) is 0 Å². The largest absolute Gasteiger partial charge is 0.477 e. The molecule has 0 saturated heterocycles. The number of hydrogen-bond acceptors (Lipinski definition) is 7. The Morgan fingerprint density at radius 1 is 1.37 bits per heavy atom. The summed E-state index contributed by atoms with van der Waals surface area (Å²) in [5.41, 5.74) is 5.08. The molecule has 0 bridgehead atoms. The minimum absolute atomic E-state index is 0.107. The second-order valence-electron chi connectivity index (χ2n) is 7.28. The van der Waals surface area contributed by atoms with Crippen LogP contribution >= 0.6 is 0 Å².